The molecule has 6 heteroatoms. The molecule has 3 atom stereocenters. The van der Waals surface area contributed by atoms with E-state index in [0.717, 1.165) is 12.3 Å². The van der Waals surface area contributed by atoms with Gasteiger partial charge in [-0.1, -0.05) is 5.16 Å². The van der Waals surface area contributed by atoms with Gasteiger partial charge in [0.15, 0.2) is 5.76 Å². The number of carbonyl (C=O) groups excluding carboxylic acids is 1. The maximum Gasteiger partial charge on any atom is 0.259 e. The Morgan fingerprint density at radius 2 is 2.29 bits per heavy atom. The second-order valence-corrected chi connectivity index (χ2v) is 6.80. The third-order valence-corrected chi connectivity index (χ3v) is 5.50. The second-order valence-electron chi connectivity index (χ2n) is 6.80. The van der Waals surface area contributed by atoms with Crippen LogP contribution in [0.2, 0.25) is 0 Å². The van der Waals surface area contributed by atoms with Gasteiger partial charge in [0.05, 0.1) is 22.9 Å². The smallest absolute Gasteiger partial charge is 0.259 e. The number of nitrogens with zero attached hydrogens (tertiary/aromatic N) is 2. The van der Waals surface area contributed by atoms with Crippen LogP contribution in [-0.4, -0.2) is 22.1 Å². The Hall–Kier alpha value is -2.63. The first-order valence-corrected chi connectivity index (χ1v) is 8.32. The van der Waals surface area contributed by atoms with Crippen LogP contribution in [0, 0.1) is 18.8 Å². The fourth-order valence-electron chi connectivity index (χ4n) is 3.96. The minimum absolute atomic E-state index is 0.0862. The van der Waals surface area contributed by atoms with E-state index in [1.54, 1.807) is 18.4 Å². The van der Waals surface area contributed by atoms with Crippen molar-refractivity contribution in [1.29, 1.82) is 0 Å². The number of amides is 1. The van der Waals surface area contributed by atoms with E-state index >= 15 is 0 Å². The normalized spacial score (nSPS) is 25.0. The summed E-state index contributed by atoms with van der Waals surface area (Å²) in [4.78, 5) is 17.3. The quantitative estimate of drug-likeness (QED) is 0.799. The molecule has 3 aromatic rings. The lowest BCUT2D eigenvalue weighted by atomic mass is 9.56. The molecule has 3 heterocycles. The highest BCUT2D eigenvalue weighted by atomic mass is 16.5. The number of hydrogen-bond acceptors (Lipinski definition) is 5. The van der Waals surface area contributed by atoms with Crippen molar-refractivity contribution < 1.29 is 13.7 Å². The van der Waals surface area contributed by atoms with Gasteiger partial charge in [-0.05, 0) is 56.2 Å². The topological polar surface area (TPSA) is 81.2 Å². The van der Waals surface area contributed by atoms with E-state index in [1.165, 1.54) is 12.8 Å². The summed E-state index contributed by atoms with van der Waals surface area (Å²) in [5, 5.41) is 7.82. The SMILES string of the molecule is Cc1noc2nc(-c3ccco3)cc(C(=O)NC3CC4CCC43)c12. The maximum atomic E-state index is 12.9. The van der Waals surface area contributed by atoms with Crippen LogP contribution in [0.25, 0.3) is 22.6 Å². The van der Waals surface area contributed by atoms with Crippen molar-refractivity contribution in [3.05, 3.63) is 35.7 Å². The van der Waals surface area contributed by atoms with Crippen molar-refractivity contribution in [2.75, 3.05) is 0 Å². The molecule has 2 aliphatic rings. The van der Waals surface area contributed by atoms with Gasteiger partial charge < -0.3 is 14.3 Å². The molecule has 0 bridgehead atoms. The largest absolute Gasteiger partial charge is 0.463 e. The summed E-state index contributed by atoms with van der Waals surface area (Å²) in [5.41, 5.74) is 2.15. The minimum Gasteiger partial charge on any atom is -0.463 e. The second kappa shape index (κ2) is 4.93. The number of carbonyl (C=O) groups is 1. The molecule has 2 saturated carbocycles. The van der Waals surface area contributed by atoms with Crippen LogP contribution < -0.4 is 5.32 Å². The highest BCUT2D eigenvalue weighted by Gasteiger charge is 2.47. The third kappa shape index (κ3) is 1.92. The Kier molecular flexibility index (Phi) is 2.83. The number of furan rings is 1. The van der Waals surface area contributed by atoms with Gasteiger partial charge in [0, 0.05) is 6.04 Å². The molecule has 3 aromatic heterocycles. The van der Waals surface area contributed by atoms with E-state index in [-0.39, 0.29) is 5.91 Å². The van der Waals surface area contributed by atoms with E-state index in [4.69, 9.17) is 8.94 Å². The molecule has 2 fully saturated rings. The summed E-state index contributed by atoms with van der Waals surface area (Å²) in [7, 11) is 0. The number of aryl methyl sites for hydroxylation is 1. The van der Waals surface area contributed by atoms with Crippen molar-refractivity contribution >= 4 is 17.0 Å². The summed E-state index contributed by atoms with van der Waals surface area (Å²) in [5.74, 6) is 2.00. The first-order chi connectivity index (χ1) is 11.7. The molecule has 2 aliphatic carbocycles. The summed E-state index contributed by atoms with van der Waals surface area (Å²) < 4.78 is 10.7. The van der Waals surface area contributed by atoms with Crippen LogP contribution in [0.5, 0.6) is 0 Å². The number of nitrogens with one attached hydrogen (secondary N) is 1. The molecule has 24 heavy (non-hydrogen) atoms. The molecule has 5 rings (SSSR count). The molecule has 6 nitrogen and oxygen atoms in total. The van der Waals surface area contributed by atoms with E-state index in [2.05, 4.69) is 15.5 Å². The van der Waals surface area contributed by atoms with Gasteiger partial charge >= 0.3 is 0 Å². The molecule has 1 N–H and O–H groups in total. The summed E-state index contributed by atoms with van der Waals surface area (Å²) >= 11 is 0. The Balaban J connectivity index is 1.55. The Labute approximate surface area is 138 Å². The summed E-state index contributed by atoms with van der Waals surface area (Å²) in [6.07, 6.45) is 5.21. The number of hydrogen-bond donors (Lipinski definition) is 1. The van der Waals surface area contributed by atoms with Crippen LogP contribution in [0.3, 0.4) is 0 Å². The molecule has 122 valence electrons. The van der Waals surface area contributed by atoms with Crippen LogP contribution in [0.15, 0.2) is 33.4 Å². The Morgan fingerprint density at radius 3 is 2.96 bits per heavy atom. The maximum absolute atomic E-state index is 12.9. The first kappa shape index (κ1) is 13.8. The number of fused-ring (bicyclic) bond motifs is 2. The summed E-state index contributed by atoms with van der Waals surface area (Å²) in [6.45, 7) is 1.82. The Bertz CT molecular complexity index is 929. The number of rotatable bonds is 3. The predicted molar refractivity (Wildman–Crippen MR) is 86.3 cm³/mol. The highest BCUT2D eigenvalue weighted by molar-refractivity contribution is 6.07. The molecule has 0 spiro atoms. The average Bonchev–Trinajstić information content (AvgIpc) is 3.21. The van der Waals surface area contributed by atoms with E-state index < -0.39 is 0 Å². The average molecular weight is 323 g/mol. The van der Waals surface area contributed by atoms with Crippen molar-refractivity contribution in [1.82, 2.24) is 15.5 Å². The van der Waals surface area contributed by atoms with Gasteiger partial charge in [0.25, 0.3) is 11.6 Å². The van der Waals surface area contributed by atoms with Gasteiger partial charge in [0.2, 0.25) is 0 Å². The van der Waals surface area contributed by atoms with Crippen molar-refractivity contribution in [2.24, 2.45) is 11.8 Å². The van der Waals surface area contributed by atoms with Gasteiger partial charge in [-0.25, -0.2) is 4.98 Å². The molecule has 1 amide bonds. The van der Waals surface area contributed by atoms with Crippen LogP contribution in [0.4, 0.5) is 0 Å². The van der Waals surface area contributed by atoms with Crippen molar-refractivity contribution in [3.63, 3.8) is 0 Å². The molecule has 3 unspecified atom stereocenters. The standard InChI is InChI=1S/C18H17N3O3/c1-9-16-12(17(22)19-13-7-10-4-5-11(10)13)8-14(15-3-2-6-23-15)20-18(16)24-21-9/h2-3,6,8,10-11,13H,4-5,7H2,1H3,(H,19,22). The molecule has 0 saturated heterocycles. The lowest BCUT2D eigenvalue weighted by Crippen LogP contribution is -2.57. The third-order valence-electron chi connectivity index (χ3n) is 5.50. The first-order valence-electron chi connectivity index (χ1n) is 8.32. The lowest BCUT2D eigenvalue weighted by molar-refractivity contribution is 0.00668. The Morgan fingerprint density at radius 1 is 1.38 bits per heavy atom. The predicted octanol–water partition coefficient (Wildman–Crippen LogP) is 3.32. The van der Waals surface area contributed by atoms with Crippen molar-refractivity contribution in [3.8, 4) is 11.5 Å². The van der Waals surface area contributed by atoms with Crippen molar-refractivity contribution in [2.45, 2.75) is 32.2 Å². The minimum atomic E-state index is -0.0862. The zero-order valence-electron chi connectivity index (χ0n) is 13.3. The van der Waals surface area contributed by atoms with Gasteiger partial charge in [-0.15, -0.1) is 0 Å². The molecular weight excluding hydrogens is 306 g/mol. The van der Waals surface area contributed by atoms with Crippen LogP contribution >= 0.6 is 0 Å². The highest BCUT2D eigenvalue weighted by Crippen LogP contribution is 2.50. The molecular formula is C18H17N3O3. The zero-order valence-corrected chi connectivity index (χ0v) is 13.3. The van der Waals surface area contributed by atoms with Crippen LogP contribution in [-0.2, 0) is 0 Å². The molecule has 0 aliphatic heterocycles. The van der Waals surface area contributed by atoms with E-state index in [0.29, 0.717) is 45.8 Å². The van der Waals surface area contributed by atoms with Gasteiger partial charge in [-0.2, -0.15) is 0 Å². The van der Waals surface area contributed by atoms with E-state index in [1.807, 2.05) is 13.0 Å². The molecule has 0 radical (unpaired) electrons. The number of pyridine rings is 1. The zero-order chi connectivity index (χ0) is 16.3. The van der Waals surface area contributed by atoms with Gasteiger partial charge in [-0.3, -0.25) is 4.79 Å². The fraction of sp³-hybridized carbons (Fsp3) is 0.389. The lowest BCUT2D eigenvalue weighted by Gasteiger charge is -2.53. The van der Waals surface area contributed by atoms with Crippen LogP contribution in [0.1, 0.15) is 35.3 Å². The monoisotopic (exact) mass is 323 g/mol. The van der Waals surface area contributed by atoms with E-state index in [9.17, 15) is 4.79 Å². The number of aromatic nitrogens is 2. The fourth-order valence-corrected chi connectivity index (χ4v) is 3.96. The molecule has 0 aromatic carbocycles. The summed E-state index contributed by atoms with van der Waals surface area (Å²) in [6, 6.07) is 5.66. The van der Waals surface area contributed by atoms with Gasteiger partial charge in [0.1, 0.15) is 5.69 Å².